The number of carbonyl (C=O) groups is 1. The number of rotatable bonds is 6. The van der Waals surface area contributed by atoms with Crippen molar-refractivity contribution in [3.05, 3.63) is 89.0 Å². The van der Waals surface area contributed by atoms with E-state index in [4.69, 9.17) is 4.42 Å². The molecule has 0 spiro atoms. The van der Waals surface area contributed by atoms with E-state index in [0.717, 1.165) is 16.2 Å². The van der Waals surface area contributed by atoms with Gasteiger partial charge in [0.15, 0.2) is 16.4 Å². The topological polar surface area (TPSA) is 72.4 Å². The Morgan fingerprint density at radius 1 is 1.14 bits per heavy atom. The molecule has 29 heavy (non-hydrogen) atoms. The van der Waals surface area contributed by atoms with Gasteiger partial charge in [-0.15, -0.1) is 11.3 Å². The van der Waals surface area contributed by atoms with Crippen molar-refractivity contribution in [2.75, 3.05) is 6.54 Å². The third-order valence-corrected chi connectivity index (χ3v) is 5.47. The van der Waals surface area contributed by atoms with Gasteiger partial charge in [-0.1, -0.05) is 30.3 Å². The van der Waals surface area contributed by atoms with Crippen LogP contribution in [0, 0.1) is 0 Å². The van der Waals surface area contributed by atoms with Gasteiger partial charge >= 0.3 is 0 Å². The summed E-state index contributed by atoms with van der Waals surface area (Å²) in [4.78, 5) is 22.5. The maximum absolute atomic E-state index is 12.5. The number of oxazole rings is 1. The van der Waals surface area contributed by atoms with E-state index in [2.05, 4.69) is 15.3 Å². The number of amides is 1. The lowest BCUT2D eigenvalue weighted by Gasteiger charge is -2.03. The molecule has 0 saturated carbocycles. The third-order valence-electron chi connectivity index (χ3n) is 4.70. The summed E-state index contributed by atoms with van der Waals surface area (Å²) in [6.45, 7) is 0.528. The van der Waals surface area contributed by atoms with E-state index in [1.807, 2.05) is 52.5 Å². The number of nitrogens with zero attached hydrogens (tertiary/aromatic N) is 3. The van der Waals surface area contributed by atoms with E-state index < -0.39 is 0 Å². The quantitative estimate of drug-likeness (QED) is 0.464. The highest BCUT2D eigenvalue weighted by Gasteiger charge is 2.11. The number of carbonyl (C=O) groups excluding carboxylic acids is 1. The van der Waals surface area contributed by atoms with Crippen molar-refractivity contribution in [1.82, 2.24) is 19.7 Å². The number of thiazole rings is 1. The fraction of sp³-hybridized carbons (Fsp3) is 0.136. The molecule has 0 atom stereocenters. The van der Waals surface area contributed by atoms with Crippen LogP contribution < -0.4 is 5.32 Å². The molecule has 3 heterocycles. The van der Waals surface area contributed by atoms with E-state index in [-0.39, 0.29) is 5.91 Å². The number of benzene rings is 2. The highest BCUT2D eigenvalue weighted by Crippen LogP contribution is 2.19. The van der Waals surface area contributed by atoms with Crippen LogP contribution in [0.4, 0.5) is 0 Å². The maximum atomic E-state index is 12.5. The second-order valence-electron chi connectivity index (χ2n) is 6.78. The summed E-state index contributed by atoms with van der Waals surface area (Å²) in [6, 6.07) is 15.4. The fourth-order valence-corrected chi connectivity index (χ4v) is 3.98. The van der Waals surface area contributed by atoms with E-state index in [0.29, 0.717) is 41.9 Å². The van der Waals surface area contributed by atoms with Crippen LogP contribution in [0.2, 0.25) is 0 Å². The molecule has 5 aromatic rings. The first-order valence-corrected chi connectivity index (χ1v) is 10.3. The van der Waals surface area contributed by atoms with Crippen LogP contribution in [0.3, 0.4) is 0 Å². The minimum Gasteiger partial charge on any atom is -0.440 e. The minimum atomic E-state index is -0.125. The molecule has 144 valence electrons. The molecule has 7 heteroatoms. The molecule has 0 saturated heterocycles. The van der Waals surface area contributed by atoms with Crippen molar-refractivity contribution in [1.29, 1.82) is 0 Å². The van der Waals surface area contributed by atoms with Crippen molar-refractivity contribution < 1.29 is 9.21 Å². The predicted octanol–water partition coefficient (Wildman–Crippen LogP) is 4.10. The van der Waals surface area contributed by atoms with Gasteiger partial charge < -0.3 is 9.73 Å². The van der Waals surface area contributed by atoms with E-state index in [1.54, 1.807) is 29.5 Å². The molecule has 0 unspecified atom stereocenters. The molecule has 6 nitrogen and oxygen atoms in total. The van der Waals surface area contributed by atoms with Gasteiger partial charge in [0.1, 0.15) is 5.52 Å². The van der Waals surface area contributed by atoms with Crippen molar-refractivity contribution in [2.24, 2.45) is 0 Å². The molecule has 0 radical (unpaired) electrons. The van der Waals surface area contributed by atoms with Crippen LogP contribution in [0.1, 0.15) is 27.5 Å². The molecule has 0 aliphatic carbocycles. The average Bonchev–Trinajstić information content (AvgIpc) is 3.42. The molecular formula is C22H18N4O2S. The van der Waals surface area contributed by atoms with Crippen LogP contribution in [0.5, 0.6) is 0 Å². The van der Waals surface area contributed by atoms with Gasteiger partial charge in [0.05, 0.1) is 5.69 Å². The van der Waals surface area contributed by atoms with Crippen LogP contribution in [-0.4, -0.2) is 26.8 Å². The number of nitrogens with one attached hydrogen (secondary N) is 1. The maximum Gasteiger partial charge on any atom is 0.251 e. The zero-order valence-electron chi connectivity index (χ0n) is 15.5. The van der Waals surface area contributed by atoms with Crippen LogP contribution in [-0.2, 0) is 12.8 Å². The van der Waals surface area contributed by atoms with Gasteiger partial charge in [-0.25, -0.2) is 9.97 Å². The van der Waals surface area contributed by atoms with Gasteiger partial charge in [0.2, 0.25) is 0 Å². The summed E-state index contributed by atoms with van der Waals surface area (Å²) in [5.74, 6) is 0.518. The normalized spacial score (nSPS) is 11.3. The Morgan fingerprint density at radius 3 is 2.90 bits per heavy atom. The molecule has 0 fully saturated rings. The first kappa shape index (κ1) is 17.6. The van der Waals surface area contributed by atoms with Gasteiger partial charge in [0, 0.05) is 42.7 Å². The molecule has 0 aliphatic rings. The van der Waals surface area contributed by atoms with Gasteiger partial charge in [-0.3, -0.25) is 9.20 Å². The molecule has 0 bridgehead atoms. The lowest BCUT2D eigenvalue weighted by molar-refractivity contribution is 0.0954. The second-order valence-corrected chi connectivity index (χ2v) is 7.66. The minimum absolute atomic E-state index is 0.125. The Kier molecular flexibility index (Phi) is 4.57. The molecule has 5 rings (SSSR count). The fourth-order valence-electron chi connectivity index (χ4n) is 3.27. The van der Waals surface area contributed by atoms with Crippen molar-refractivity contribution in [2.45, 2.75) is 12.8 Å². The SMILES string of the molecule is O=C(NCCc1cn2ccsc2n1)c1ccc2oc(Cc3ccccc3)nc2c1. The Balaban J connectivity index is 1.24. The summed E-state index contributed by atoms with van der Waals surface area (Å²) in [7, 11) is 0. The molecule has 0 aliphatic heterocycles. The van der Waals surface area contributed by atoms with Crippen LogP contribution in [0.25, 0.3) is 16.1 Å². The monoisotopic (exact) mass is 402 g/mol. The summed E-state index contributed by atoms with van der Waals surface area (Å²) in [6.07, 6.45) is 5.29. The second kappa shape index (κ2) is 7.52. The van der Waals surface area contributed by atoms with Gasteiger partial charge in [-0.05, 0) is 23.8 Å². The number of hydrogen-bond donors (Lipinski definition) is 1. The lowest BCUT2D eigenvalue weighted by Crippen LogP contribution is -2.25. The van der Waals surface area contributed by atoms with Crippen LogP contribution >= 0.6 is 11.3 Å². The highest BCUT2D eigenvalue weighted by atomic mass is 32.1. The summed E-state index contributed by atoms with van der Waals surface area (Å²) < 4.78 is 7.81. The Bertz CT molecular complexity index is 1260. The average molecular weight is 402 g/mol. The molecule has 1 N–H and O–H groups in total. The summed E-state index contributed by atoms with van der Waals surface area (Å²) in [5.41, 5.74) is 4.05. The molecule has 1 amide bonds. The van der Waals surface area contributed by atoms with Crippen molar-refractivity contribution in [3.8, 4) is 0 Å². The van der Waals surface area contributed by atoms with Crippen molar-refractivity contribution >= 4 is 33.3 Å². The Morgan fingerprint density at radius 2 is 2.03 bits per heavy atom. The Labute approximate surface area is 170 Å². The zero-order valence-corrected chi connectivity index (χ0v) is 16.4. The lowest BCUT2D eigenvalue weighted by atomic mass is 10.1. The first-order chi connectivity index (χ1) is 14.2. The largest absolute Gasteiger partial charge is 0.440 e. The smallest absolute Gasteiger partial charge is 0.251 e. The van der Waals surface area contributed by atoms with E-state index in [1.165, 1.54) is 0 Å². The zero-order chi connectivity index (χ0) is 19.6. The molecule has 3 aromatic heterocycles. The number of fused-ring (bicyclic) bond motifs is 2. The van der Waals surface area contributed by atoms with E-state index in [9.17, 15) is 4.79 Å². The first-order valence-electron chi connectivity index (χ1n) is 9.37. The Hall–Kier alpha value is -3.45. The standard InChI is InChI=1S/C22H18N4O2S/c27-21(23-9-8-17-14-26-10-11-29-22(26)24-17)16-6-7-19-18(13-16)25-20(28-19)12-15-4-2-1-3-5-15/h1-7,10-11,13-14H,8-9,12H2,(H,23,27). The molecular weight excluding hydrogens is 384 g/mol. The third kappa shape index (κ3) is 3.77. The number of aromatic nitrogens is 3. The van der Waals surface area contributed by atoms with Crippen molar-refractivity contribution in [3.63, 3.8) is 0 Å². The summed E-state index contributed by atoms with van der Waals surface area (Å²) in [5, 5.41) is 4.95. The number of hydrogen-bond acceptors (Lipinski definition) is 5. The number of imidazole rings is 1. The van der Waals surface area contributed by atoms with Crippen LogP contribution in [0.15, 0.2) is 70.7 Å². The summed E-state index contributed by atoms with van der Waals surface area (Å²) >= 11 is 1.60. The van der Waals surface area contributed by atoms with E-state index >= 15 is 0 Å². The predicted molar refractivity (Wildman–Crippen MR) is 112 cm³/mol. The van der Waals surface area contributed by atoms with Gasteiger partial charge in [0.25, 0.3) is 5.91 Å². The highest BCUT2D eigenvalue weighted by molar-refractivity contribution is 7.15. The molecule has 2 aromatic carbocycles. The van der Waals surface area contributed by atoms with Gasteiger partial charge in [-0.2, -0.15) is 0 Å².